The summed E-state index contributed by atoms with van der Waals surface area (Å²) in [6.45, 7) is 0. The Morgan fingerprint density at radius 1 is 1.62 bits per heavy atom. The lowest BCUT2D eigenvalue weighted by molar-refractivity contribution is -0.128. The van der Waals surface area contributed by atoms with Crippen molar-refractivity contribution in [3.05, 3.63) is 0 Å². The van der Waals surface area contributed by atoms with Gasteiger partial charge < -0.3 is 4.90 Å². The zero-order chi connectivity index (χ0) is 10.1. The first kappa shape index (κ1) is 10.8. The maximum atomic E-state index is 11.1. The monoisotopic (exact) mass is 225 g/mol. The zero-order valence-corrected chi connectivity index (χ0v) is 8.94. The largest absolute Gasteiger partial charge is 0.341 e. The summed E-state index contributed by atoms with van der Waals surface area (Å²) in [5.41, 5.74) is 0. The van der Waals surface area contributed by atoms with Crippen molar-refractivity contribution in [1.82, 2.24) is 4.90 Å². The number of hydrogen-bond donors (Lipinski definition) is 0. The third kappa shape index (κ3) is 2.57. The highest BCUT2D eigenvalue weighted by Crippen LogP contribution is 2.16. The van der Waals surface area contributed by atoms with E-state index in [1.54, 1.807) is 7.05 Å². The van der Waals surface area contributed by atoms with Gasteiger partial charge in [0.1, 0.15) is 5.88 Å². The predicted octanol–water partition coefficient (Wildman–Crippen LogP) is -0.129. The number of amides is 1. The van der Waals surface area contributed by atoms with Crippen molar-refractivity contribution < 1.29 is 13.2 Å². The Morgan fingerprint density at radius 3 is 2.62 bits per heavy atom. The SMILES string of the molecule is CN(C(=O)CCl)[C@H]1CCS(=O)(=O)C1. The molecule has 0 spiro atoms. The molecule has 0 bridgehead atoms. The van der Waals surface area contributed by atoms with Crippen LogP contribution in [0.3, 0.4) is 0 Å². The lowest BCUT2D eigenvalue weighted by Gasteiger charge is -2.22. The molecule has 4 nitrogen and oxygen atoms in total. The molecule has 76 valence electrons. The van der Waals surface area contributed by atoms with E-state index in [0.29, 0.717) is 6.42 Å². The van der Waals surface area contributed by atoms with Gasteiger partial charge in [-0.2, -0.15) is 0 Å². The van der Waals surface area contributed by atoms with Crippen molar-refractivity contribution in [3.63, 3.8) is 0 Å². The van der Waals surface area contributed by atoms with E-state index in [1.165, 1.54) is 4.90 Å². The molecule has 1 saturated heterocycles. The standard InChI is InChI=1S/C7H12ClNO3S/c1-9(7(10)4-8)6-2-3-13(11,12)5-6/h6H,2-5H2,1H3/t6-/m0/s1. The van der Waals surface area contributed by atoms with Gasteiger partial charge in [0.05, 0.1) is 11.5 Å². The highest BCUT2D eigenvalue weighted by molar-refractivity contribution is 7.91. The average Bonchev–Trinajstić information content (AvgIpc) is 2.43. The van der Waals surface area contributed by atoms with Gasteiger partial charge in [-0.05, 0) is 6.42 Å². The van der Waals surface area contributed by atoms with E-state index in [9.17, 15) is 13.2 Å². The maximum absolute atomic E-state index is 11.1. The number of alkyl halides is 1. The molecule has 1 fully saturated rings. The fraction of sp³-hybridized carbons (Fsp3) is 0.857. The maximum Gasteiger partial charge on any atom is 0.237 e. The minimum absolute atomic E-state index is 0.0755. The molecule has 1 amide bonds. The normalized spacial score (nSPS) is 25.8. The minimum atomic E-state index is -2.92. The molecule has 0 aromatic rings. The third-order valence-corrected chi connectivity index (χ3v) is 4.24. The Balaban J connectivity index is 2.61. The zero-order valence-electron chi connectivity index (χ0n) is 7.36. The molecule has 0 aromatic heterocycles. The third-order valence-electron chi connectivity index (χ3n) is 2.26. The highest BCUT2D eigenvalue weighted by Gasteiger charge is 2.32. The fourth-order valence-corrected chi connectivity index (χ4v) is 3.34. The molecule has 6 heteroatoms. The molecule has 1 rings (SSSR count). The summed E-state index contributed by atoms with van der Waals surface area (Å²) < 4.78 is 22.2. The van der Waals surface area contributed by atoms with E-state index in [0.717, 1.165) is 0 Å². The van der Waals surface area contributed by atoms with Crippen LogP contribution >= 0.6 is 11.6 Å². The van der Waals surface area contributed by atoms with Crippen LogP contribution < -0.4 is 0 Å². The van der Waals surface area contributed by atoms with Gasteiger partial charge in [0, 0.05) is 13.1 Å². The van der Waals surface area contributed by atoms with Crippen LogP contribution in [0.2, 0.25) is 0 Å². The van der Waals surface area contributed by atoms with Gasteiger partial charge in [0.15, 0.2) is 9.84 Å². The van der Waals surface area contributed by atoms with E-state index in [4.69, 9.17) is 11.6 Å². The van der Waals surface area contributed by atoms with Crippen molar-refractivity contribution in [2.75, 3.05) is 24.4 Å². The van der Waals surface area contributed by atoms with Crippen molar-refractivity contribution in [2.45, 2.75) is 12.5 Å². The molecule has 0 saturated carbocycles. The van der Waals surface area contributed by atoms with Crippen LogP contribution in [0.1, 0.15) is 6.42 Å². The molecule has 1 heterocycles. The Morgan fingerprint density at radius 2 is 2.23 bits per heavy atom. The Kier molecular flexibility index (Phi) is 3.18. The van der Waals surface area contributed by atoms with E-state index >= 15 is 0 Å². The van der Waals surface area contributed by atoms with Crippen molar-refractivity contribution in [1.29, 1.82) is 0 Å². The minimum Gasteiger partial charge on any atom is -0.341 e. The summed E-state index contributed by atoms with van der Waals surface area (Å²) in [6, 6.07) is -0.184. The summed E-state index contributed by atoms with van der Waals surface area (Å²) in [6.07, 6.45) is 0.529. The first-order valence-electron chi connectivity index (χ1n) is 3.98. The second kappa shape index (κ2) is 3.84. The van der Waals surface area contributed by atoms with Crippen LogP contribution in [0.5, 0.6) is 0 Å². The molecule has 0 N–H and O–H groups in total. The van der Waals surface area contributed by atoms with E-state index in [-0.39, 0.29) is 29.3 Å². The molecular formula is C7H12ClNO3S. The van der Waals surface area contributed by atoms with Crippen molar-refractivity contribution in [2.24, 2.45) is 0 Å². The van der Waals surface area contributed by atoms with Gasteiger partial charge in [-0.15, -0.1) is 11.6 Å². The smallest absolute Gasteiger partial charge is 0.237 e. The fourth-order valence-electron chi connectivity index (χ4n) is 1.38. The number of hydrogen-bond acceptors (Lipinski definition) is 3. The summed E-state index contributed by atoms with van der Waals surface area (Å²) in [5, 5.41) is 0. The van der Waals surface area contributed by atoms with E-state index in [2.05, 4.69) is 0 Å². The van der Waals surface area contributed by atoms with Crippen molar-refractivity contribution >= 4 is 27.3 Å². The molecule has 13 heavy (non-hydrogen) atoms. The number of halogens is 1. The lowest BCUT2D eigenvalue weighted by Crippen LogP contribution is -2.38. The Labute approximate surface area is 82.8 Å². The number of nitrogens with zero attached hydrogens (tertiary/aromatic N) is 1. The summed E-state index contributed by atoms with van der Waals surface area (Å²) in [4.78, 5) is 12.5. The second-order valence-electron chi connectivity index (χ2n) is 3.20. The van der Waals surface area contributed by atoms with Gasteiger partial charge in [0.25, 0.3) is 0 Å². The van der Waals surface area contributed by atoms with Crippen LogP contribution in [0.15, 0.2) is 0 Å². The number of sulfone groups is 1. The molecule has 0 radical (unpaired) electrons. The van der Waals surface area contributed by atoms with Crippen LogP contribution in [-0.4, -0.2) is 49.7 Å². The quantitative estimate of drug-likeness (QED) is 0.616. The summed E-state index contributed by atoms with van der Waals surface area (Å²) in [5.74, 6) is -0.0553. The molecule has 1 atom stereocenters. The summed E-state index contributed by atoms with van der Waals surface area (Å²) >= 11 is 5.36. The first-order chi connectivity index (χ1) is 5.96. The molecule has 1 aliphatic heterocycles. The lowest BCUT2D eigenvalue weighted by atomic mass is 10.2. The number of carbonyl (C=O) groups is 1. The van der Waals surface area contributed by atoms with Gasteiger partial charge in [-0.25, -0.2) is 8.42 Å². The van der Waals surface area contributed by atoms with Gasteiger partial charge in [-0.1, -0.05) is 0 Å². The van der Waals surface area contributed by atoms with Crippen molar-refractivity contribution in [3.8, 4) is 0 Å². The van der Waals surface area contributed by atoms with Gasteiger partial charge >= 0.3 is 0 Å². The molecule has 0 aliphatic carbocycles. The van der Waals surface area contributed by atoms with Crippen LogP contribution in [0.4, 0.5) is 0 Å². The number of carbonyl (C=O) groups excluding carboxylic acids is 1. The topological polar surface area (TPSA) is 54.5 Å². The molecule has 0 unspecified atom stereocenters. The van der Waals surface area contributed by atoms with Crippen LogP contribution in [0, 0.1) is 0 Å². The summed E-state index contributed by atoms with van der Waals surface area (Å²) in [7, 11) is -1.33. The average molecular weight is 226 g/mol. The second-order valence-corrected chi connectivity index (χ2v) is 5.69. The van der Waals surface area contributed by atoms with Gasteiger partial charge in [0.2, 0.25) is 5.91 Å². The van der Waals surface area contributed by atoms with Crippen LogP contribution in [0.25, 0.3) is 0 Å². The van der Waals surface area contributed by atoms with Gasteiger partial charge in [-0.3, -0.25) is 4.79 Å². The van der Waals surface area contributed by atoms with E-state index < -0.39 is 9.84 Å². The number of rotatable bonds is 2. The Bertz CT molecular complexity index is 301. The molecule has 1 aliphatic rings. The molecular weight excluding hydrogens is 214 g/mol. The first-order valence-corrected chi connectivity index (χ1v) is 6.34. The Hall–Kier alpha value is -0.290. The highest BCUT2D eigenvalue weighted by atomic mass is 35.5. The molecule has 0 aromatic carbocycles. The van der Waals surface area contributed by atoms with E-state index in [1.807, 2.05) is 0 Å². The van der Waals surface area contributed by atoms with Crippen LogP contribution in [-0.2, 0) is 14.6 Å². The predicted molar refractivity (Wildman–Crippen MR) is 50.5 cm³/mol.